The largest absolute Gasteiger partial charge is 0.423 e. The number of hydrogen-bond donors (Lipinski definition) is 3. The molecule has 1 amide bonds. The Morgan fingerprint density at radius 3 is 2.57 bits per heavy atom. The molecule has 3 heterocycles. The van der Waals surface area contributed by atoms with Crippen LogP contribution in [0.4, 0.5) is 32.3 Å². The number of hydrogen-bond acceptors (Lipinski definition) is 8. The van der Waals surface area contributed by atoms with E-state index in [4.69, 9.17) is 5.11 Å². The molecular weight excluding hydrogens is 508 g/mol. The average Bonchev–Trinajstić information content (AvgIpc) is 2.83. The molecule has 2 aliphatic heterocycles. The number of aromatic nitrogens is 2. The first-order valence-corrected chi connectivity index (χ1v) is 10.8. The molecule has 1 aromatic rings. The Hall–Kier alpha value is -3.93. The number of allylic oxidation sites excluding steroid dienone is 4. The number of piperidine rings is 1. The molecule has 0 saturated carbocycles. The third kappa shape index (κ3) is 6.85. The van der Waals surface area contributed by atoms with Crippen LogP contribution in [0.1, 0.15) is 24.1 Å². The van der Waals surface area contributed by atoms with Crippen molar-refractivity contribution in [3.8, 4) is 6.07 Å². The minimum atomic E-state index is -5.04. The van der Waals surface area contributed by atoms with Gasteiger partial charge in [0.2, 0.25) is 12.1 Å². The van der Waals surface area contributed by atoms with E-state index in [9.17, 15) is 36.4 Å². The van der Waals surface area contributed by atoms with Gasteiger partial charge >= 0.3 is 12.4 Å². The van der Waals surface area contributed by atoms with Crippen LogP contribution in [0.2, 0.25) is 0 Å². The summed E-state index contributed by atoms with van der Waals surface area (Å²) in [4.78, 5) is 21.1. The van der Waals surface area contributed by atoms with Crippen molar-refractivity contribution in [3.63, 3.8) is 0 Å². The first-order chi connectivity index (χ1) is 17.3. The summed E-state index contributed by atoms with van der Waals surface area (Å²) in [6.45, 7) is 3.96. The molecule has 1 atom stereocenters. The van der Waals surface area contributed by atoms with Crippen LogP contribution in [0, 0.1) is 17.2 Å². The van der Waals surface area contributed by atoms with Crippen molar-refractivity contribution in [2.75, 3.05) is 25.0 Å². The molecule has 198 valence electrons. The number of carbonyl (C=O) groups is 1. The number of rotatable bonds is 5. The Morgan fingerprint density at radius 1 is 1.30 bits per heavy atom. The Labute approximate surface area is 206 Å². The van der Waals surface area contributed by atoms with E-state index in [2.05, 4.69) is 32.4 Å². The number of alkyl halides is 6. The van der Waals surface area contributed by atoms with E-state index >= 15 is 0 Å². The lowest BCUT2D eigenvalue weighted by Gasteiger charge is -2.33. The van der Waals surface area contributed by atoms with Crippen molar-refractivity contribution in [3.05, 3.63) is 47.5 Å². The highest BCUT2D eigenvalue weighted by Crippen LogP contribution is 2.31. The van der Waals surface area contributed by atoms with E-state index in [1.807, 2.05) is 6.07 Å². The van der Waals surface area contributed by atoms with Crippen LogP contribution in [0.5, 0.6) is 0 Å². The van der Waals surface area contributed by atoms with Crippen LogP contribution in [0.3, 0.4) is 0 Å². The molecule has 0 spiro atoms. The van der Waals surface area contributed by atoms with Gasteiger partial charge in [0, 0.05) is 31.4 Å². The van der Waals surface area contributed by atoms with Gasteiger partial charge in [-0.15, -0.1) is 0 Å². The van der Waals surface area contributed by atoms with Gasteiger partial charge in [-0.3, -0.25) is 10.2 Å². The minimum Gasteiger partial charge on any atom is -0.376 e. The molecule has 1 fully saturated rings. The van der Waals surface area contributed by atoms with Gasteiger partial charge in [-0.2, -0.15) is 36.7 Å². The topological polar surface area (TPSA) is 127 Å². The number of carbonyl (C=O) groups excluding carboxylic acids is 1. The third-order valence-corrected chi connectivity index (χ3v) is 5.67. The van der Waals surface area contributed by atoms with Crippen LogP contribution in [-0.2, 0) is 4.79 Å². The molecule has 0 aromatic carbocycles. The van der Waals surface area contributed by atoms with Crippen LogP contribution in [-0.4, -0.2) is 70.2 Å². The zero-order valence-corrected chi connectivity index (χ0v) is 19.1. The van der Waals surface area contributed by atoms with E-state index < -0.39 is 29.9 Å². The van der Waals surface area contributed by atoms with Gasteiger partial charge in [0.25, 0.3) is 5.91 Å². The minimum absolute atomic E-state index is 0.00827. The summed E-state index contributed by atoms with van der Waals surface area (Å²) in [5.74, 6) is -1.41. The van der Waals surface area contributed by atoms with E-state index in [1.54, 1.807) is 0 Å². The first kappa shape index (κ1) is 27.7. The summed E-state index contributed by atoms with van der Waals surface area (Å²) in [5, 5.41) is 25.0. The average molecular weight is 529 g/mol. The third-order valence-electron chi connectivity index (χ3n) is 5.67. The molecule has 0 unspecified atom stereocenters. The normalized spacial score (nSPS) is 20.4. The maximum atomic E-state index is 13.2. The molecule has 1 aromatic heterocycles. The summed E-state index contributed by atoms with van der Waals surface area (Å²) in [5.41, 5.74) is 1.27. The fourth-order valence-electron chi connectivity index (χ4n) is 3.64. The van der Waals surface area contributed by atoms with E-state index in [1.165, 1.54) is 12.4 Å². The fourth-order valence-corrected chi connectivity index (χ4v) is 3.64. The number of aliphatic hydroxyl groups excluding tert-OH is 1. The lowest BCUT2D eigenvalue weighted by molar-refractivity contribution is -0.211. The quantitative estimate of drug-likeness (QED) is 0.501. The Morgan fingerprint density at radius 2 is 1.97 bits per heavy atom. The van der Waals surface area contributed by atoms with E-state index in [0.29, 0.717) is 19.1 Å². The molecule has 0 aliphatic carbocycles. The molecular formula is C22H21F6N7O2. The lowest BCUT2D eigenvalue weighted by Crippen LogP contribution is -2.49. The van der Waals surface area contributed by atoms with Gasteiger partial charge in [0.1, 0.15) is 6.07 Å². The van der Waals surface area contributed by atoms with Crippen molar-refractivity contribution in [2.45, 2.75) is 31.3 Å². The second-order valence-electron chi connectivity index (χ2n) is 8.23. The number of nitrogens with one attached hydrogen (secondary N) is 2. The van der Waals surface area contributed by atoms with Crippen molar-refractivity contribution in [2.24, 2.45) is 11.0 Å². The fraction of sp³-hybridized carbons (Fsp3) is 0.409. The van der Waals surface area contributed by atoms with E-state index in [-0.39, 0.29) is 53.9 Å². The number of hydrazone groups is 1. The number of nitrogens with zero attached hydrogens (tertiary/aromatic N) is 5. The summed E-state index contributed by atoms with van der Waals surface area (Å²) >= 11 is 0. The van der Waals surface area contributed by atoms with Crippen LogP contribution < -0.4 is 10.7 Å². The molecule has 37 heavy (non-hydrogen) atoms. The van der Waals surface area contributed by atoms with Gasteiger partial charge in [0.05, 0.1) is 29.2 Å². The van der Waals surface area contributed by atoms with Gasteiger partial charge in [-0.05, 0) is 30.4 Å². The Kier molecular flexibility index (Phi) is 8.22. The van der Waals surface area contributed by atoms with Gasteiger partial charge in [0.15, 0.2) is 0 Å². The van der Waals surface area contributed by atoms with Crippen molar-refractivity contribution >= 4 is 23.6 Å². The monoisotopic (exact) mass is 529 g/mol. The molecule has 3 rings (SSSR count). The zero-order chi connectivity index (χ0) is 27.4. The molecule has 9 nitrogen and oxygen atoms in total. The number of likely N-dealkylation sites (tertiary alicyclic amines) is 1. The molecule has 0 radical (unpaired) electrons. The number of nitriles is 1. The highest BCUT2D eigenvalue weighted by atomic mass is 19.4. The Bertz CT molecular complexity index is 1180. The maximum absolute atomic E-state index is 13.2. The van der Waals surface area contributed by atoms with Crippen molar-refractivity contribution in [1.82, 2.24) is 20.3 Å². The van der Waals surface area contributed by atoms with Gasteiger partial charge in [-0.25, -0.2) is 9.97 Å². The van der Waals surface area contributed by atoms with Gasteiger partial charge < -0.3 is 15.3 Å². The van der Waals surface area contributed by atoms with Crippen LogP contribution in [0.25, 0.3) is 5.57 Å². The summed E-state index contributed by atoms with van der Waals surface area (Å²) in [6, 6.07) is 1.88. The van der Waals surface area contributed by atoms with Crippen LogP contribution >= 0.6 is 0 Å². The molecule has 0 bridgehead atoms. The van der Waals surface area contributed by atoms with Crippen molar-refractivity contribution < 1.29 is 36.2 Å². The molecule has 1 saturated heterocycles. The molecule has 2 aliphatic rings. The molecule has 15 heteroatoms. The molecule has 3 N–H and O–H groups in total. The van der Waals surface area contributed by atoms with Crippen LogP contribution in [0.15, 0.2) is 41.3 Å². The smallest absolute Gasteiger partial charge is 0.376 e. The highest BCUT2D eigenvalue weighted by molar-refractivity contribution is 5.88. The van der Waals surface area contributed by atoms with Gasteiger partial charge in [-0.1, -0.05) is 6.58 Å². The first-order valence-electron chi connectivity index (χ1n) is 10.8. The predicted molar refractivity (Wildman–Crippen MR) is 119 cm³/mol. The number of aliphatic hydroxyl groups is 1. The van der Waals surface area contributed by atoms with Crippen molar-refractivity contribution in [1.29, 1.82) is 5.26 Å². The lowest BCUT2D eigenvalue weighted by atomic mass is 9.96. The SMILES string of the molecule is C=C1/C=C(C(F)(F)F)\C=N/NC=C1c1nc(NCC2CCN(C(=O)[C@H](O)C(F)(F)F)CC2)ncc1C#N. The standard InChI is InChI=1S/C22H21F6N7O2/c1-12-6-15(21(23,24)25)10-32-33-11-16(12)17-14(7-29)9-31-20(34-17)30-8-13-2-4-35(5-3-13)19(37)18(36)22(26,27)28/h6,9-11,13,18,33,36H,1-5,8H2,(H,30,31,34)/b15-6+,16-11?,32-10-/t18-/m0/s1. The summed E-state index contributed by atoms with van der Waals surface area (Å²) in [6.07, 6.45) is -8.28. The summed E-state index contributed by atoms with van der Waals surface area (Å²) in [7, 11) is 0. The second-order valence-corrected chi connectivity index (χ2v) is 8.23. The number of anilines is 1. The number of halogens is 6. The predicted octanol–water partition coefficient (Wildman–Crippen LogP) is 2.90. The summed E-state index contributed by atoms with van der Waals surface area (Å²) < 4.78 is 77.3. The highest BCUT2D eigenvalue weighted by Gasteiger charge is 2.45. The number of amides is 1. The second kappa shape index (κ2) is 11.0. The van der Waals surface area contributed by atoms with E-state index in [0.717, 1.165) is 11.0 Å². The zero-order valence-electron chi connectivity index (χ0n) is 19.1. The Balaban J connectivity index is 1.69. The maximum Gasteiger partial charge on any atom is 0.423 e.